The van der Waals surface area contributed by atoms with Crippen LogP contribution in [0.3, 0.4) is 0 Å². The predicted molar refractivity (Wildman–Crippen MR) is 95.8 cm³/mol. The summed E-state index contributed by atoms with van der Waals surface area (Å²) in [6.07, 6.45) is 2.94. The number of hydrogen-bond acceptors (Lipinski definition) is 6. The molecular formula is C19H24N4O2. The van der Waals surface area contributed by atoms with Crippen LogP contribution in [0.5, 0.6) is 5.75 Å². The van der Waals surface area contributed by atoms with Crippen molar-refractivity contribution in [3.63, 3.8) is 0 Å². The Bertz CT molecular complexity index is 767. The van der Waals surface area contributed by atoms with Crippen LogP contribution < -0.4 is 9.64 Å². The molecule has 6 heteroatoms. The molecule has 1 aromatic heterocycles. The molecule has 1 saturated heterocycles. The van der Waals surface area contributed by atoms with Gasteiger partial charge in [-0.2, -0.15) is 0 Å². The average Bonchev–Trinajstić information content (AvgIpc) is 3.03. The highest BCUT2D eigenvalue weighted by atomic mass is 16.5. The first-order valence-corrected chi connectivity index (χ1v) is 8.75. The first kappa shape index (κ1) is 16.3. The second kappa shape index (κ2) is 6.61. The second-order valence-electron chi connectivity index (χ2n) is 6.94. The van der Waals surface area contributed by atoms with Crippen LogP contribution in [0.2, 0.25) is 0 Å². The zero-order valence-corrected chi connectivity index (χ0v) is 14.7. The maximum absolute atomic E-state index is 10.3. The molecule has 2 aromatic rings. The van der Waals surface area contributed by atoms with Gasteiger partial charge in [-0.1, -0.05) is 12.1 Å². The van der Waals surface area contributed by atoms with Crippen molar-refractivity contribution in [2.24, 2.45) is 0 Å². The molecule has 0 amide bonds. The largest absolute Gasteiger partial charge is 0.497 e. The normalized spacial score (nSPS) is 23.6. The van der Waals surface area contributed by atoms with Gasteiger partial charge in [-0.25, -0.2) is 9.97 Å². The van der Waals surface area contributed by atoms with Crippen molar-refractivity contribution in [1.29, 1.82) is 0 Å². The van der Waals surface area contributed by atoms with Crippen LogP contribution in [-0.2, 0) is 13.0 Å². The summed E-state index contributed by atoms with van der Waals surface area (Å²) in [7, 11) is 3.80. The molecule has 3 heterocycles. The van der Waals surface area contributed by atoms with Gasteiger partial charge < -0.3 is 19.6 Å². The first-order chi connectivity index (χ1) is 12.2. The van der Waals surface area contributed by atoms with Crippen LogP contribution in [0.15, 0.2) is 30.6 Å². The summed E-state index contributed by atoms with van der Waals surface area (Å²) in [6, 6.07) is 8.19. The molecule has 25 heavy (non-hydrogen) atoms. The molecule has 0 spiro atoms. The molecule has 0 aliphatic carbocycles. The molecule has 0 bridgehead atoms. The molecule has 6 nitrogen and oxygen atoms in total. The van der Waals surface area contributed by atoms with Crippen molar-refractivity contribution in [3.05, 3.63) is 47.4 Å². The third-order valence-corrected chi connectivity index (χ3v) is 5.20. The van der Waals surface area contributed by atoms with E-state index in [4.69, 9.17) is 4.74 Å². The Labute approximate surface area is 148 Å². The summed E-state index contributed by atoms with van der Waals surface area (Å²) in [5.74, 6) is 1.80. The molecule has 1 fully saturated rings. The molecule has 1 N–H and O–H groups in total. The lowest BCUT2D eigenvalue weighted by atomic mass is 10.0. The van der Waals surface area contributed by atoms with E-state index in [0.29, 0.717) is 13.0 Å². The quantitative estimate of drug-likeness (QED) is 0.919. The molecule has 132 valence electrons. The minimum Gasteiger partial charge on any atom is -0.497 e. The fourth-order valence-electron chi connectivity index (χ4n) is 3.92. The van der Waals surface area contributed by atoms with Gasteiger partial charge in [-0.05, 0) is 31.2 Å². The number of nitrogens with zero attached hydrogens (tertiary/aromatic N) is 4. The van der Waals surface area contributed by atoms with Crippen molar-refractivity contribution in [2.45, 2.75) is 31.5 Å². The Morgan fingerprint density at radius 3 is 3.00 bits per heavy atom. The van der Waals surface area contributed by atoms with E-state index in [-0.39, 0.29) is 12.1 Å². The minimum absolute atomic E-state index is 0.0938. The van der Waals surface area contributed by atoms with Gasteiger partial charge in [0.05, 0.1) is 24.9 Å². The smallest absolute Gasteiger partial charge is 0.137 e. The molecule has 1 aromatic carbocycles. The minimum atomic E-state index is -0.358. The van der Waals surface area contributed by atoms with Crippen molar-refractivity contribution in [2.75, 3.05) is 32.1 Å². The summed E-state index contributed by atoms with van der Waals surface area (Å²) >= 11 is 0. The topological polar surface area (TPSA) is 61.7 Å². The van der Waals surface area contributed by atoms with Crippen LogP contribution in [-0.4, -0.2) is 53.3 Å². The molecule has 0 unspecified atom stereocenters. The van der Waals surface area contributed by atoms with Gasteiger partial charge in [0.25, 0.3) is 0 Å². The van der Waals surface area contributed by atoms with Gasteiger partial charge in [0, 0.05) is 31.6 Å². The molecule has 0 radical (unpaired) electrons. The fourth-order valence-corrected chi connectivity index (χ4v) is 3.92. The highest BCUT2D eigenvalue weighted by molar-refractivity contribution is 5.53. The number of benzene rings is 1. The molecule has 2 aliphatic rings. The van der Waals surface area contributed by atoms with Crippen LogP contribution in [0.4, 0.5) is 5.82 Å². The van der Waals surface area contributed by atoms with E-state index in [0.717, 1.165) is 42.3 Å². The van der Waals surface area contributed by atoms with Crippen LogP contribution in [0.25, 0.3) is 0 Å². The van der Waals surface area contributed by atoms with Crippen LogP contribution in [0.1, 0.15) is 29.3 Å². The Hall–Kier alpha value is -2.18. The predicted octanol–water partition coefficient (Wildman–Crippen LogP) is 1.79. The van der Waals surface area contributed by atoms with Crippen LogP contribution >= 0.6 is 0 Å². The zero-order valence-electron chi connectivity index (χ0n) is 14.7. The number of aliphatic hydroxyl groups is 1. The van der Waals surface area contributed by atoms with Crippen molar-refractivity contribution in [1.82, 2.24) is 14.9 Å². The number of ether oxygens (including phenoxy) is 1. The summed E-state index contributed by atoms with van der Waals surface area (Å²) < 4.78 is 5.37. The lowest BCUT2D eigenvalue weighted by Crippen LogP contribution is -2.32. The van der Waals surface area contributed by atoms with Gasteiger partial charge in [-0.3, -0.25) is 0 Å². The van der Waals surface area contributed by atoms with Gasteiger partial charge in [-0.15, -0.1) is 0 Å². The maximum Gasteiger partial charge on any atom is 0.137 e. The van der Waals surface area contributed by atoms with E-state index >= 15 is 0 Å². The number of hydrogen-bond donors (Lipinski definition) is 1. The van der Waals surface area contributed by atoms with E-state index in [1.807, 2.05) is 12.1 Å². The van der Waals surface area contributed by atoms with Gasteiger partial charge >= 0.3 is 0 Å². The summed E-state index contributed by atoms with van der Waals surface area (Å²) in [6.45, 7) is 2.46. The number of likely N-dealkylation sites (N-methyl/N-ethyl adjacent to an activating group) is 1. The maximum atomic E-state index is 10.3. The summed E-state index contributed by atoms with van der Waals surface area (Å²) in [4.78, 5) is 13.6. The third kappa shape index (κ3) is 3.07. The highest BCUT2D eigenvalue weighted by Gasteiger charge is 2.35. The zero-order chi connectivity index (χ0) is 17.4. The lowest BCUT2D eigenvalue weighted by molar-refractivity contribution is 0.194. The number of aliphatic hydroxyl groups excluding tert-OH is 1. The van der Waals surface area contributed by atoms with Gasteiger partial charge in [0.1, 0.15) is 17.9 Å². The number of fused-ring (bicyclic) bond motifs is 1. The summed E-state index contributed by atoms with van der Waals surface area (Å²) in [5.41, 5.74) is 3.47. The molecule has 4 rings (SSSR count). The Kier molecular flexibility index (Phi) is 4.31. The van der Waals surface area contributed by atoms with Gasteiger partial charge in [0.2, 0.25) is 0 Å². The fraction of sp³-hybridized carbons (Fsp3) is 0.474. The van der Waals surface area contributed by atoms with Crippen molar-refractivity contribution >= 4 is 5.82 Å². The highest BCUT2D eigenvalue weighted by Crippen LogP contribution is 2.39. The second-order valence-corrected chi connectivity index (χ2v) is 6.94. The third-order valence-electron chi connectivity index (χ3n) is 5.20. The van der Waals surface area contributed by atoms with Crippen molar-refractivity contribution < 1.29 is 9.84 Å². The molecule has 2 aliphatic heterocycles. The molecule has 0 saturated carbocycles. The van der Waals surface area contributed by atoms with Gasteiger partial charge in [0.15, 0.2) is 0 Å². The standard InChI is InChI=1S/C19H24N4O2/c1-22-7-6-17-16(11-22)19(21-12-20-17)23-10-14(24)9-18(23)13-4-3-5-15(8-13)25-2/h3-5,8,12,14,18,24H,6-7,9-11H2,1-2H3/t14-,18+/m0/s1. The van der Waals surface area contributed by atoms with Crippen molar-refractivity contribution in [3.8, 4) is 5.75 Å². The van der Waals surface area contributed by atoms with E-state index in [1.165, 1.54) is 5.56 Å². The van der Waals surface area contributed by atoms with E-state index in [2.05, 4.69) is 38.9 Å². The first-order valence-electron chi connectivity index (χ1n) is 8.75. The van der Waals surface area contributed by atoms with E-state index in [1.54, 1.807) is 13.4 Å². The number of β-amino-alcohol motifs (C(OH)–C–C–N with tert-alkyl or cyclic N) is 1. The Morgan fingerprint density at radius 1 is 1.28 bits per heavy atom. The monoisotopic (exact) mass is 340 g/mol. The molecule has 2 atom stereocenters. The molecular weight excluding hydrogens is 316 g/mol. The number of aromatic nitrogens is 2. The lowest BCUT2D eigenvalue weighted by Gasteiger charge is -2.32. The average molecular weight is 340 g/mol. The number of anilines is 1. The van der Waals surface area contributed by atoms with E-state index in [9.17, 15) is 5.11 Å². The SMILES string of the molecule is COc1cccc([C@H]2C[C@H](O)CN2c2ncnc3c2CN(C)CC3)c1. The number of methoxy groups -OCH3 is 1. The Balaban J connectivity index is 1.73. The van der Waals surface area contributed by atoms with E-state index < -0.39 is 0 Å². The summed E-state index contributed by atoms with van der Waals surface area (Å²) in [5, 5.41) is 10.3. The van der Waals surface area contributed by atoms with Crippen LogP contribution in [0, 0.1) is 0 Å². The Morgan fingerprint density at radius 2 is 2.16 bits per heavy atom. The number of rotatable bonds is 3.